The van der Waals surface area contributed by atoms with Crippen LogP contribution < -0.4 is 10.6 Å². The quantitative estimate of drug-likeness (QED) is 0.448. The number of rotatable bonds is 3. The van der Waals surface area contributed by atoms with Crippen molar-refractivity contribution in [2.75, 3.05) is 20.1 Å². The predicted octanol–water partition coefficient (Wildman–Crippen LogP) is 3.52. The first kappa shape index (κ1) is 22.8. The molecule has 1 aliphatic heterocycles. The summed E-state index contributed by atoms with van der Waals surface area (Å²) in [7, 11) is 1.52. The Bertz CT molecular complexity index is 760. The van der Waals surface area contributed by atoms with Crippen molar-refractivity contribution < 1.29 is 27.1 Å². The van der Waals surface area contributed by atoms with Gasteiger partial charge in [0.15, 0.2) is 5.96 Å². The zero-order valence-electron chi connectivity index (χ0n) is 16.9. The van der Waals surface area contributed by atoms with Crippen LogP contribution in [0.4, 0.5) is 22.4 Å². The third-order valence-electron chi connectivity index (χ3n) is 4.23. The number of alkyl carbamates (subject to hydrolysis) is 1. The molecule has 10 heteroatoms. The minimum absolute atomic E-state index is 0.0809. The van der Waals surface area contributed by atoms with Crippen LogP contribution in [0.1, 0.15) is 38.3 Å². The number of likely N-dealkylation sites (tertiary alicyclic amines) is 1. The second-order valence-corrected chi connectivity index (χ2v) is 7.78. The van der Waals surface area contributed by atoms with Gasteiger partial charge in [-0.1, -0.05) is 6.07 Å². The summed E-state index contributed by atoms with van der Waals surface area (Å²) in [5.41, 5.74) is -1.71. The lowest BCUT2D eigenvalue weighted by Crippen LogP contribution is -2.44. The Morgan fingerprint density at radius 3 is 2.59 bits per heavy atom. The molecule has 1 amide bonds. The fraction of sp³-hybridized carbons (Fsp3) is 0.579. The van der Waals surface area contributed by atoms with Gasteiger partial charge < -0.3 is 20.3 Å². The van der Waals surface area contributed by atoms with Gasteiger partial charge in [-0.05, 0) is 44.9 Å². The molecular formula is C19H26F4N4O2. The molecule has 1 atom stereocenters. The molecule has 162 valence electrons. The molecule has 1 saturated heterocycles. The number of halogens is 4. The molecule has 0 bridgehead atoms. The van der Waals surface area contributed by atoms with Gasteiger partial charge >= 0.3 is 12.3 Å². The van der Waals surface area contributed by atoms with E-state index in [1.807, 2.05) is 4.90 Å². The summed E-state index contributed by atoms with van der Waals surface area (Å²) >= 11 is 0. The van der Waals surface area contributed by atoms with Crippen LogP contribution in [-0.4, -0.2) is 48.7 Å². The maximum absolute atomic E-state index is 13.2. The van der Waals surface area contributed by atoms with Crippen LogP contribution >= 0.6 is 0 Å². The fourth-order valence-electron chi connectivity index (χ4n) is 3.02. The Kier molecular flexibility index (Phi) is 6.97. The topological polar surface area (TPSA) is 66.0 Å². The van der Waals surface area contributed by atoms with E-state index in [2.05, 4.69) is 15.6 Å². The van der Waals surface area contributed by atoms with Crippen molar-refractivity contribution >= 4 is 12.1 Å². The number of alkyl halides is 3. The largest absolute Gasteiger partial charge is 0.444 e. The van der Waals surface area contributed by atoms with Crippen molar-refractivity contribution in [2.24, 2.45) is 4.99 Å². The van der Waals surface area contributed by atoms with E-state index in [4.69, 9.17) is 4.74 Å². The molecule has 0 spiro atoms. The first-order valence-electron chi connectivity index (χ1n) is 9.20. The molecule has 1 aliphatic rings. The van der Waals surface area contributed by atoms with Crippen molar-refractivity contribution in [1.29, 1.82) is 0 Å². The summed E-state index contributed by atoms with van der Waals surface area (Å²) in [5.74, 6) is -0.544. The second-order valence-electron chi connectivity index (χ2n) is 7.78. The van der Waals surface area contributed by atoms with Crippen molar-refractivity contribution in [1.82, 2.24) is 15.5 Å². The number of carbonyl (C=O) groups excluding carboxylic acids is 1. The highest BCUT2D eigenvalue weighted by Gasteiger charge is 2.34. The van der Waals surface area contributed by atoms with Gasteiger partial charge in [-0.2, -0.15) is 13.2 Å². The lowest BCUT2D eigenvalue weighted by molar-refractivity contribution is -0.138. The Balaban J connectivity index is 1.96. The molecule has 1 aromatic rings. The van der Waals surface area contributed by atoms with Crippen molar-refractivity contribution in [3.8, 4) is 0 Å². The summed E-state index contributed by atoms with van der Waals surface area (Å²) in [5, 5.41) is 5.66. The fourth-order valence-corrected chi connectivity index (χ4v) is 3.02. The average molecular weight is 418 g/mol. The number of benzene rings is 1. The number of guanidine groups is 1. The molecular weight excluding hydrogens is 392 g/mol. The van der Waals surface area contributed by atoms with E-state index in [1.165, 1.54) is 7.05 Å². The van der Waals surface area contributed by atoms with Gasteiger partial charge in [0, 0.05) is 26.7 Å². The van der Waals surface area contributed by atoms with E-state index >= 15 is 0 Å². The van der Waals surface area contributed by atoms with Crippen LogP contribution in [0.2, 0.25) is 0 Å². The predicted molar refractivity (Wildman–Crippen MR) is 101 cm³/mol. The van der Waals surface area contributed by atoms with Gasteiger partial charge in [-0.15, -0.1) is 0 Å². The van der Waals surface area contributed by atoms with Crippen molar-refractivity contribution in [3.05, 3.63) is 35.1 Å². The summed E-state index contributed by atoms with van der Waals surface area (Å²) in [6.07, 6.45) is -4.53. The van der Waals surface area contributed by atoms with Gasteiger partial charge in [-0.25, -0.2) is 9.18 Å². The Morgan fingerprint density at radius 1 is 1.31 bits per heavy atom. The molecule has 1 heterocycles. The molecule has 2 rings (SSSR count). The lowest BCUT2D eigenvalue weighted by Gasteiger charge is -2.24. The third-order valence-corrected chi connectivity index (χ3v) is 4.23. The molecule has 0 saturated carbocycles. The minimum atomic E-state index is -4.65. The van der Waals surface area contributed by atoms with Gasteiger partial charge in [0.2, 0.25) is 0 Å². The van der Waals surface area contributed by atoms with E-state index in [0.29, 0.717) is 31.5 Å². The van der Waals surface area contributed by atoms with Crippen LogP contribution in [0.25, 0.3) is 0 Å². The van der Waals surface area contributed by atoms with Crippen molar-refractivity contribution in [2.45, 2.75) is 51.6 Å². The summed E-state index contributed by atoms with van der Waals surface area (Å²) in [4.78, 5) is 17.8. The van der Waals surface area contributed by atoms with Crippen LogP contribution in [0.15, 0.2) is 23.2 Å². The highest BCUT2D eigenvalue weighted by atomic mass is 19.4. The normalized spacial score (nSPS) is 18.0. The number of hydrogen-bond acceptors (Lipinski definition) is 3. The Labute approximate surface area is 167 Å². The number of carbonyl (C=O) groups is 1. The summed E-state index contributed by atoms with van der Waals surface area (Å²) < 4.78 is 57.9. The van der Waals surface area contributed by atoms with E-state index in [1.54, 1.807) is 20.8 Å². The molecule has 6 nitrogen and oxygen atoms in total. The maximum atomic E-state index is 13.2. The number of amides is 1. The van der Waals surface area contributed by atoms with E-state index in [-0.39, 0.29) is 18.2 Å². The Morgan fingerprint density at radius 2 is 2.00 bits per heavy atom. The second kappa shape index (κ2) is 8.87. The zero-order valence-corrected chi connectivity index (χ0v) is 16.9. The van der Waals surface area contributed by atoms with Crippen LogP contribution in [0, 0.1) is 5.82 Å². The number of aliphatic imine (C=N–C) groups is 1. The number of nitrogens with one attached hydrogen (secondary N) is 2. The van der Waals surface area contributed by atoms with Crippen LogP contribution in [-0.2, 0) is 17.5 Å². The highest BCUT2D eigenvalue weighted by molar-refractivity contribution is 5.80. The highest BCUT2D eigenvalue weighted by Crippen LogP contribution is 2.32. The standard InChI is InChI=1S/C19H26F4N4O2/c1-18(2,3)29-17(28)26-14-7-8-27(11-14)16(24-4)25-10-12-5-6-13(20)9-15(12)19(21,22)23/h5-6,9,14H,7-8,10-11H2,1-4H3,(H,24,25)(H,26,28). The third kappa shape index (κ3) is 6.79. The number of ether oxygens (including phenoxy) is 1. The van der Waals surface area contributed by atoms with E-state index in [9.17, 15) is 22.4 Å². The Hall–Kier alpha value is -2.52. The molecule has 1 fully saturated rings. The van der Waals surface area contributed by atoms with E-state index in [0.717, 1.165) is 12.1 Å². The SMILES string of the molecule is CN=C(NCc1ccc(F)cc1C(F)(F)F)N1CCC(NC(=O)OC(C)(C)C)C1. The van der Waals surface area contributed by atoms with Crippen LogP contribution in [0.3, 0.4) is 0 Å². The van der Waals surface area contributed by atoms with Gasteiger partial charge in [0.1, 0.15) is 11.4 Å². The van der Waals surface area contributed by atoms with Crippen molar-refractivity contribution in [3.63, 3.8) is 0 Å². The monoisotopic (exact) mass is 418 g/mol. The van der Waals surface area contributed by atoms with Gasteiger partial charge in [0.25, 0.3) is 0 Å². The summed E-state index contributed by atoms with van der Waals surface area (Å²) in [6, 6.07) is 2.41. The molecule has 29 heavy (non-hydrogen) atoms. The number of nitrogens with zero attached hydrogens (tertiary/aromatic N) is 2. The summed E-state index contributed by atoms with van der Waals surface area (Å²) in [6.45, 7) is 6.14. The molecule has 0 aliphatic carbocycles. The average Bonchev–Trinajstić information content (AvgIpc) is 3.02. The molecule has 0 radical (unpaired) electrons. The van der Waals surface area contributed by atoms with Crippen LogP contribution in [0.5, 0.6) is 0 Å². The molecule has 2 N–H and O–H groups in total. The van der Waals surface area contributed by atoms with Gasteiger partial charge in [0.05, 0.1) is 11.6 Å². The first-order chi connectivity index (χ1) is 13.4. The lowest BCUT2D eigenvalue weighted by atomic mass is 10.1. The zero-order chi connectivity index (χ0) is 21.8. The molecule has 1 unspecified atom stereocenters. The van der Waals surface area contributed by atoms with Gasteiger partial charge in [-0.3, -0.25) is 4.99 Å². The maximum Gasteiger partial charge on any atom is 0.416 e. The number of hydrogen-bond donors (Lipinski definition) is 2. The molecule has 1 aromatic carbocycles. The molecule has 0 aromatic heterocycles. The van der Waals surface area contributed by atoms with E-state index < -0.39 is 29.3 Å². The first-order valence-corrected chi connectivity index (χ1v) is 9.20. The minimum Gasteiger partial charge on any atom is -0.444 e. The smallest absolute Gasteiger partial charge is 0.416 e.